The minimum Gasteiger partial charge on any atom is -0.462 e. The maximum absolute atomic E-state index is 12.6. The van der Waals surface area contributed by atoms with E-state index in [4.69, 9.17) is 9.47 Å². The van der Waals surface area contributed by atoms with Crippen molar-refractivity contribution < 1.29 is 28.7 Å². The zero-order valence-corrected chi connectivity index (χ0v) is 16.0. The Labute approximate surface area is 155 Å². The summed E-state index contributed by atoms with van der Waals surface area (Å²) in [5.41, 5.74) is 1.49. The van der Waals surface area contributed by atoms with E-state index in [2.05, 4.69) is 4.98 Å². The molecule has 2 heterocycles. The number of hydrogen-bond acceptors (Lipinski definition) is 7. The van der Waals surface area contributed by atoms with E-state index in [1.807, 2.05) is 0 Å². The number of rotatable bonds is 7. The van der Waals surface area contributed by atoms with Crippen LogP contribution in [0.25, 0.3) is 0 Å². The van der Waals surface area contributed by atoms with Gasteiger partial charge in [-0.05, 0) is 33.3 Å². The number of Topliss-reactive ketones (excluding diaryl/α,β-unsaturated/α-hetero) is 1. The number of hydrogen-bond donors (Lipinski definition) is 1. The van der Waals surface area contributed by atoms with Crippen molar-refractivity contribution in [3.8, 4) is 0 Å². The molecular weight excluding hydrogens is 360 g/mol. The van der Waals surface area contributed by atoms with E-state index in [0.717, 1.165) is 11.8 Å². The van der Waals surface area contributed by atoms with Crippen LogP contribution >= 0.6 is 11.8 Å². The van der Waals surface area contributed by atoms with Crippen molar-refractivity contribution in [2.24, 2.45) is 0 Å². The largest absolute Gasteiger partial charge is 0.462 e. The molecule has 1 aliphatic heterocycles. The molecule has 1 fully saturated rings. The molecule has 0 aliphatic carbocycles. The second kappa shape index (κ2) is 8.39. The molecule has 0 aromatic carbocycles. The van der Waals surface area contributed by atoms with Gasteiger partial charge in [-0.3, -0.25) is 14.4 Å². The molecule has 0 bridgehead atoms. The highest BCUT2D eigenvalue weighted by atomic mass is 32.2. The van der Waals surface area contributed by atoms with Crippen molar-refractivity contribution in [2.75, 3.05) is 25.4 Å². The monoisotopic (exact) mass is 382 g/mol. The normalized spacial score (nSPS) is 15.1. The maximum atomic E-state index is 12.6. The third-order valence-corrected chi connectivity index (χ3v) is 4.90. The number of nitrogens with one attached hydrogen (secondary N) is 1. The van der Waals surface area contributed by atoms with E-state index in [9.17, 15) is 19.2 Å². The predicted molar refractivity (Wildman–Crippen MR) is 95.5 cm³/mol. The minimum absolute atomic E-state index is 0.171. The number of carbonyl (C=O) groups is 4. The molecule has 8 nitrogen and oxygen atoms in total. The Hall–Kier alpha value is -2.29. The van der Waals surface area contributed by atoms with Gasteiger partial charge in [0.05, 0.1) is 17.9 Å². The van der Waals surface area contributed by atoms with Gasteiger partial charge in [-0.1, -0.05) is 11.8 Å². The predicted octanol–water partition coefficient (Wildman–Crippen LogP) is 2.09. The lowest BCUT2D eigenvalue weighted by atomic mass is 10.1. The second-order valence-electron chi connectivity index (χ2n) is 5.88. The second-order valence-corrected chi connectivity index (χ2v) is 6.92. The van der Waals surface area contributed by atoms with E-state index in [0.29, 0.717) is 29.1 Å². The molecule has 0 saturated carbocycles. The van der Waals surface area contributed by atoms with Gasteiger partial charge in [0.1, 0.15) is 6.54 Å². The molecule has 1 aliphatic rings. The average Bonchev–Trinajstić information content (AvgIpc) is 3.09. The first-order valence-corrected chi connectivity index (χ1v) is 9.26. The van der Waals surface area contributed by atoms with Gasteiger partial charge < -0.3 is 19.4 Å². The third-order valence-electron chi connectivity index (χ3n) is 4.01. The molecule has 1 aromatic rings. The quantitative estimate of drug-likeness (QED) is 0.568. The molecule has 9 heteroatoms. The fourth-order valence-electron chi connectivity index (χ4n) is 2.72. The Morgan fingerprint density at radius 1 is 1.31 bits per heavy atom. The van der Waals surface area contributed by atoms with Crippen molar-refractivity contribution in [1.82, 2.24) is 9.88 Å². The zero-order chi connectivity index (χ0) is 19.4. The van der Waals surface area contributed by atoms with Gasteiger partial charge in [-0.2, -0.15) is 0 Å². The van der Waals surface area contributed by atoms with Crippen molar-refractivity contribution in [1.29, 1.82) is 0 Å². The molecule has 1 atom stereocenters. The van der Waals surface area contributed by atoms with E-state index >= 15 is 0 Å². The molecule has 1 N–H and O–H groups in total. The number of aryl methyl sites for hydroxylation is 1. The maximum Gasteiger partial charge on any atom is 0.340 e. The van der Waals surface area contributed by atoms with E-state index in [1.54, 1.807) is 20.8 Å². The Balaban J connectivity index is 2.06. The van der Waals surface area contributed by atoms with Crippen molar-refractivity contribution in [2.45, 2.75) is 33.8 Å². The molecule has 1 saturated heterocycles. The topological polar surface area (TPSA) is 106 Å². The van der Waals surface area contributed by atoms with Crippen molar-refractivity contribution in [3.05, 3.63) is 22.5 Å². The van der Waals surface area contributed by atoms with Crippen LogP contribution in [0.3, 0.4) is 0 Å². The highest BCUT2D eigenvalue weighted by Gasteiger charge is 2.29. The number of aromatic nitrogens is 1. The number of esters is 2. The summed E-state index contributed by atoms with van der Waals surface area (Å²) in [6, 6.07) is 0. The summed E-state index contributed by atoms with van der Waals surface area (Å²) in [4.78, 5) is 52.4. The fraction of sp³-hybridized carbons (Fsp3) is 0.529. The number of thioether (sulfide) groups is 1. The first-order chi connectivity index (χ1) is 12.3. The third kappa shape index (κ3) is 4.27. The van der Waals surface area contributed by atoms with Gasteiger partial charge in [0.2, 0.25) is 5.78 Å². The van der Waals surface area contributed by atoms with Crippen LogP contribution in [-0.4, -0.2) is 64.4 Å². The number of carbonyl (C=O) groups excluding carboxylic acids is 4. The number of nitrogens with zero attached hydrogens (tertiary/aromatic N) is 1. The van der Waals surface area contributed by atoms with Gasteiger partial charge in [-0.25, -0.2) is 4.79 Å². The number of aromatic amines is 1. The Kier molecular flexibility index (Phi) is 6.47. The summed E-state index contributed by atoms with van der Waals surface area (Å²) in [5.74, 6) is -0.963. The van der Waals surface area contributed by atoms with Gasteiger partial charge in [0.25, 0.3) is 5.24 Å². The number of amides is 1. The van der Waals surface area contributed by atoms with Crippen molar-refractivity contribution >= 4 is 34.7 Å². The molecule has 2 rings (SSSR count). The molecular formula is C17H22N2O6S. The van der Waals surface area contributed by atoms with Gasteiger partial charge in [0.15, 0.2) is 6.10 Å². The molecule has 0 radical (unpaired) electrons. The number of H-pyrrole nitrogens is 1. The summed E-state index contributed by atoms with van der Waals surface area (Å²) in [7, 11) is 0. The Morgan fingerprint density at radius 3 is 2.58 bits per heavy atom. The first kappa shape index (κ1) is 20.0. The van der Waals surface area contributed by atoms with Crippen LogP contribution in [0, 0.1) is 13.8 Å². The van der Waals surface area contributed by atoms with Crippen molar-refractivity contribution in [3.63, 3.8) is 0 Å². The summed E-state index contributed by atoms with van der Waals surface area (Å²) in [6.07, 6.45) is -1.04. The molecule has 142 valence electrons. The number of ether oxygens (including phenoxy) is 2. The lowest BCUT2D eigenvalue weighted by Crippen LogP contribution is -2.34. The van der Waals surface area contributed by atoms with Crippen LogP contribution < -0.4 is 0 Å². The van der Waals surface area contributed by atoms with Gasteiger partial charge in [0, 0.05) is 18.0 Å². The standard InChI is InChI=1S/C17H22N2O6S/c1-5-24-16(22)13-9(2)14(18-10(13)3)15(21)11(4)25-12(20)8-19-6-7-26-17(19)23/h11,18H,5-8H2,1-4H3/t11-/m0/s1. The highest BCUT2D eigenvalue weighted by molar-refractivity contribution is 8.13. The summed E-state index contributed by atoms with van der Waals surface area (Å²) < 4.78 is 10.2. The lowest BCUT2D eigenvalue weighted by molar-refractivity contribution is -0.146. The summed E-state index contributed by atoms with van der Waals surface area (Å²) >= 11 is 1.15. The first-order valence-electron chi connectivity index (χ1n) is 8.27. The fourth-order valence-corrected chi connectivity index (χ4v) is 3.55. The Morgan fingerprint density at radius 2 is 2.00 bits per heavy atom. The molecule has 26 heavy (non-hydrogen) atoms. The molecule has 1 aromatic heterocycles. The molecule has 0 spiro atoms. The minimum atomic E-state index is -1.04. The smallest absolute Gasteiger partial charge is 0.340 e. The SMILES string of the molecule is CCOC(=O)c1c(C)[nH]c(C(=O)[C@H](C)OC(=O)CN2CCSC2=O)c1C. The van der Waals surface area contributed by atoms with Gasteiger partial charge in [-0.15, -0.1) is 0 Å². The summed E-state index contributed by atoms with van der Waals surface area (Å²) in [6.45, 7) is 7.00. The highest BCUT2D eigenvalue weighted by Crippen LogP contribution is 2.21. The van der Waals surface area contributed by atoms with E-state index in [-0.39, 0.29) is 24.1 Å². The number of ketones is 1. The Bertz CT molecular complexity index is 742. The van der Waals surface area contributed by atoms with E-state index < -0.39 is 23.8 Å². The van der Waals surface area contributed by atoms with Crippen LogP contribution in [0.2, 0.25) is 0 Å². The van der Waals surface area contributed by atoms with Crippen LogP contribution in [0.4, 0.5) is 4.79 Å². The van der Waals surface area contributed by atoms with Gasteiger partial charge >= 0.3 is 11.9 Å². The van der Waals surface area contributed by atoms with E-state index in [1.165, 1.54) is 11.8 Å². The van der Waals surface area contributed by atoms with Crippen LogP contribution in [0.15, 0.2) is 0 Å². The lowest BCUT2D eigenvalue weighted by Gasteiger charge is -2.16. The van der Waals surface area contributed by atoms with Crippen LogP contribution in [-0.2, 0) is 14.3 Å². The molecule has 1 amide bonds. The van der Waals surface area contributed by atoms with Crippen LogP contribution in [0.1, 0.15) is 46.0 Å². The zero-order valence-electron chi connectivity index (χ0n) is 15.2. The molecule has 0 unspecified atom stereocenters. The van der Waals surface area contributed by atoms with Crippen LogP contribution in [0.5, 0.6) is 0 Å². The summed E-state index contributed by atoms with van der Waals surface area (Å²) in [5, 5.41) is -0.171. The average molecular weight is 382 g/mol.